The van der Waals surface area contributed by atoms with Crippen LogP contribution >= 0.6 is 22.6 Å². The van der Waals surface area contributed by atoms with E-state index in [0.717, 1.165) is 27.9 Å². The van der Waals surface area contributed by atoms with Gasteiger partial charge in [0.2, 0.25) is 0 Å². The second kappa shape index (κ2) is 6.09. The fourth-order valence-electron chi connectivity index (χ4n) is 1.76. The Labute approximate surface area is 122 Å². The molecular formula is C15H17IN2. The van der Waals surface area contributed by atoms with Gasteiger partial charge in [0.15, 0.2) is 0 Å². The molecule has 3 heteroatoms. The van der Waals surface area contributed by atoms with E-state index in [1.165, 1.54) is 11.1 Å². The molecule has 2 rings (SSSR count). The maximum absolute atomic E-state index is 5.73. The van der Waals surface area contributed by atoms with Crippen molar-refractivity contribution in [2.75, 3.05) is 11.1 Å². The smallest absolute Gasteiger partial charge is 0.0480 e. The van der Waals surface area contributed by atoms with E-state index in [1.807, 2.05) is 18.2 Å². The van der Waals surface area contributed by atoms with E-state index in [9.17, 15) is 0 Å². The number of aryl methyl sites for hydroxylation is 1. The van der Waals surface area contributed by atoms with Crippen LogP contribution in [0, 0.1) is 3.57 Å². The molecule has 0 heterocycles. The lowest BCUT2D eigenvalue weighted by Gasteiger charge is -2.09. The summed E-state index contributed by atoms with van der Waals surface area (Å²) in [6, 6.07) is 14.6. The molecule has 0 aromatic heterocycles. The molecule has 0 unspecified atom stereocenters. The van der Waals surface area contributed by atoms with Gasteiger partial charge >= 0.3 is 0 Å². The lowest BCUT2D eigenvalue weighted by molar-refractivity contribution is 1.10. The van der Waals surface area contributed by atoms with Crippen molar-refractivity contribution < 1.29 is 0 Å². The van der Waals surface area contributed by atoms with Crippen LogP contribution in [-0.4, -0.2) is 0 Å². The third-order valence-corrected chi connectivity index (χ3v) is 3.80. The zero-order valence-electron chi connectivity index (χ0n) is 10.4. The molecule has 0 spiro atoms. The summed E-state index contributed by atoms with van der Waals surface area (Å²) in [5.41, 5.74) is 10.3. The van der Waals surface area contributed by atoms with Crippen LogP contribution in [0.25, 0.3) is 0 Å². The zero-order valence-corrected chi connectivity index (χ0v) is 12.6. The minimum atomic E-state index is 0.803. The van der Waals surface area contributed by atoms with Gasteiger partial charge in [-0.3, -0.25) is 0 Å². The van der Waals surface area contributed by atoms with Gasteiger partial charge in [0.05, 0.1) is 0 Å². The number of nitrogens with two attached hydrogens (primary N) is 1. The normalized spacial score (nSPS) is 10.3. The van der Waals surface area contributed by atoms with Crippen molar-refractivity contribution in [3.63, 3.8) is 0 Å². The summed E-state index contributed by atoms with van der Waals surface area (Å²) >= 11 is 2.30. The predicted molar refractivity (Wildman–Crippen MR) is 86.7 cm³/mol. The maximum Gasteiger partial charge on any atom is 0.0480 e. The third-order valence-electron chi connectivity index (χ3n) is 2.91. The van der Waals surface area contributed by atoms with Crippen molar-refractivity contribution in [2.45, 2.75) is 19.9 Å². The average Bonchev–Trinajstić information content (AvgIpc) is 2.38. The third kappa shape index (κ3) is 3.38. The van der Waals surface area contributed by atoms with Crippen molar-refractivity contribution in [3.05, 3.63) is 57.2 Å². The van der Waals surface area contributed by atoms with E-state index in [2.05, 4.69) is 59.1 Å². The molecule has 2 aromatic rings. The minimum absolute atomic E-state index is 0.803. The zero-order chi connectivity index (χ0) is 13.0. The van der Waals surface area contributed by atoms with E-state index >= 15 is 0 Å². The molecule has 2 aromatic carbocycles. The van der Waals surface area contributed by atoms with Gasteiger partial charge in [-0.25, -0.2) is 0 Å². The van der Waals surface area contributed by atoms with Crippen LogP contribution in [0.4, 0.5) is 11.4 Å². The Hall–Kier alpha value is -1.23. The number of benzene rings is 2. The quantitative estimate of drug-likeness (QED) is 0.644. The highest BCUT2D eigenvalue weighted by atomic mass is 127. The van der Waals surface area contributed by atoms with Gasteiger partial charge in [-0.05, 0) is 58.3 Å². The van der Waals surface area contributed by atoms with Gasteiger partial charge in [-0.15, -0.1) is 0 Å². The predicted octanol–water partition coefficient (Wildman–Crippen LogP) is 4.05. The lowest BCUT2D eigenvalue weighted by atomic mass is 10.1. The van der Waals surface area contributed by atoms with Crippen LogP contribution < -0.4 is 11.1 Å². The Morgan fingerprint density at radius 1 is 1.06 bits per heavy atom. The van der Waals surface area contributed by atoms with Crippen LogP contribution in [0.5, 0.6) is 0 Å². The number of hydrogen-bond acceptors (Lipinski definition) is 2. The highest BCUT2D eigenvalue weighted by Gasteiger charge is 2.00. The summed E-state index contributed by atoms with van der Waals surface area (Å²) in [6.07, 6.45) is 1.09. The molecular weight excluding hydrogens is 335 g/mol. The molecule has 94 valence electrons. The monoisotopic (exact) mass is 352 g/mol. The van der Waals surface area contributed by atoms with Crippen LogP contribution in [0.3, 0.4) is 0 Å². The second-order valence-electron chi connectivity index (χ2n) is 4.26. The first-order valence-corrected chi connectivity index (χ1v) is 7.13. The largest absolute Gasteiger partial charge is 0.399 e. The molecule has 0 aliphatic heterocycles. The van der Waals surface area contributed by atoms with Crippen molar-refractivity contribution in [3.8, 4) is 0 Å². The van der Waals surface area contributed by atoms with E-state index in [1.54, 1.807) is 0 Å². The fraction of sp³-hybridized carbons (Fsp3) is 0.200. The van der Waals surface area contributed by atoms with Crippen molar-refractivity contribution in [2.24, 2.45) is 0 Å². The highest BCUT2D eigenvalue weighted by molar-refractivity contribution is 14.1. The molecule has 0 atom stereocenters. The van der Waals surface area contributed by atoms with Crippen molar-refractivity contribution in [1.29, 1.82) is 0 Å². The van der Waals surface area contributed by atoms with Gasteiger partial charge in [0.25, 0.3) is 0 Å². The molecule has 0 aliphatic carbocycles. The van der Waals surface area contributed by atoms with Gasteiger partial charge in [0, 0.05) is 21.5 Å². The summed E-state index contributed by atoms with van der Waals surface area (Å²) in [6.45, 7) is 3.01. The summed E-state index contributed by atoms with van der Waals surface area (Å²) < 4.78 is 1.15. The number of rotatable bonds is 4. The molecule has 0 aliphatic rings. The van der Waals surface area contributed by atoms with Crippen LogP contribution in [-0.2, 0) is 13.0 Å². The molecule has 0 fully saturated rings. The number of halogens is 1. The van der Waals surface area contributed by atoms with Gasteiger partial charge in [-0.1, -0.05) is 31.2 Å². The molecule has 0 amide bonds. The number of nitrogen functional groups attached to an aromatic ring is 1. The summed E-state index contributed by atoms with van der Waals surface area (Å²) in [4.78, 5) is 0. The Morgan fingerprint density at radius 3 is 2.33 bits per heavy atom. The summed E-state index contributed by atoms with van der Waals surface area (Å²) in [5, 5.41) is 3.43. The van der Waals surface area contributed by atoms with Crippen molar-refractivity contribution >= 4 is 34.0 Å². The summed E-state index contributed by atoms with van der Waals surface area (Å²) in [5.74, 6) is 0. The van der Waals surface area contributed by atoms with Gasteiger partial charge in [0.1, 0.15) is 0 Å². The highest BCUT2D eigenvalue weighted by Crippen LogP contribution is 2.21. The maximum atomic E-state index is 5.73. The number of hydrogen-bond donors (Lipinski definition) is 2. The van der Waals surface area contributed by atoms with Crippen LogP contribution in [0.15, 0.2) is 42.5 Å². The first-order valence-electron chi connectivity index (χ1n) is 6.05. The van der Waals surface area contributed by atoms with Crippen LogP contribution in [0.2, 0.25) is 0 Å². The second-order valence-corrected chi connectivity index (χ2v) is 5.43. The molecule has 18 heavy (non-hydrogen) atoms. The molecule has 3 N–H and O–H groups in total. The van der Waals surface area contributed by atoms with E-state index in [-0.39, 0.29) is 0 Å². The lowest BCUT2D eigenvalue weighted by Crippen LogP contribution is -2.01. The first kappa shape index (κ1) is 13.2. The number of nitrogens with one attached hydrogen (secondary N) is 1. The molecule has 0 saturated heterocycles. The Bertz CT molecular complexity index is 521. The molecule has 2 nitrogen and oxygen atoms in total. The number of anilines is 2. The summed E-state index contributed by atoms with van der Waals surface area (Å²) in [7, 11) is 0. The molecule has 0 radical (unpaired) electrons. The first-order chi connectivity index (χ1) is 8.69. The molecule has 0 saturated carbocycles. The Balaban J connectivity index is 2.02. The van der Waals surface area contributed by atoms with Gasteiger partial charge in [-0.2, -0.15) is 0 Å². The van der Waals surface area contributed by atoms with Gasteiger partial charge < -0.3 is 11.1 Å². The molecule has 0 bridgehead atoms. The standard InChI is InChI=1S/C15H17IN2/c1-2-11-3-5-12(6-4-11)10-18-15-8-7-13(17)9-14(15)16/h3-9,18H,2,10,17H2,1H3. The Kier molecular flexibility index (Phi) is 4.47. The SMILES string of the molecule is CCc1ccc(CNc2ccc(N)cc2I)cc1. The van der Waals surface area contributed by atoms with E-state index in [0.29, 0.717) is 0 Å². The topological polar surface area (TPSA) is 38.0 Å². The Morgan fingerprint density at radius 2 is 1.72 bits per heavy atom. The van der Waals surface area contributed by atoms with Crippen LogP contribution in [0.1, 0.15) is 18.1 Å². The minimum Gasteiger partial charge on any atom is -0.399 e. The van der Waals surface area contributed by atoms with Crippen molar-refractivity contribution in [1.82, 2.24) is 0 Å². The average molecular weight is 352 g/mol. The fourth-order valence-corrected chi connectivity index (χ4v) is 2.49. The van der Waals surface area contributed by atoms with E-state index < -0.39 is 0 Å². The van der Waals surface area contributed by atoms with E-state index in [4.69, 9.17) is 5.73 Å².